The summed E-state index contributed by atoms with van der Waals surface area (Å²) in [5, 5.41) is 6.06. The number of carbonyl (C=O) groups excluding carboxylic acids is 3. The first kappa shape index (κ1) is 19.7. The summed E-state index contributed by atoms with van der Waals surface area (Å²) < 4.78 is 18.7. The molecule has 1 unspecified atom stereocenters. The van der Waals surface area contributed by atoms with Crippen LogP contribution in [0.15, 0.2) is 47.2 Å². The van der Waals surface area contributed by atoms with Crippen LogP contribution in [-0.4, -0.2) is 40.3 Å². The topological polar surface area (TPSA) is 107 Å². The minimum atomic E-state index is -0.729. The third kappa shape index (κ3) is 4.19. The summed E-state index contributed by atoms with van der Waals surface area (Å²) in [5.41, 5.74) is 1.62. The first-order valence-corrected chi connectivity index (χ1v) is 9.68. The number of rotatable bonds is 8. The Kier molecular flexibility index (Phi) is 5.51. The highest BCUT2D eigenvalue weighted by atomic mass is 19.1. The molecular formula is C21H21FN4O4. The zero-order chi connectivity index (χ0) is 21.1. The summed E-state index contributed by atoms with van der Waals surface area (Å²) in [6, 6.07) is 6.72. The second-order valence-corrected chi connectivity index (χ2v) is 7.14. The zero-order valence-corrected chi connectivity index (χ0v) is 16.1. The molecule has 30 heavy (non-hydrogen) atoms. The Balaban J connectivity index is 1.29. The second kappa shape index (κ2) is 8.40. The molecule has 1 aromatic carbocycles. The van der Waals surface area contributed by atoms with Crippen molar-refractivity contribution in [2.24, 2.45) is 0 Å². The van der Waals surface area contributed by atoms with Crippen molar-refractivity contribution in [3.63, 3.8) is 0 Å². The van der Waals surface area contributed by atoms with Crippen LogP contribution in [0.5, 0.6) is 0 Å². The van der Waals surface area contributed by atoms with E-state index in [0.717, 1.165) is 21.4 Å². The Bertz CT molecular complexity index is 1080. The smallest absolute Gasteiger partial charge is 0.324 e. The number of aromatic amines is 1. The lowest BCUT2D eigenvalue weighted by Crippen LogP contribution is -2.33. The molecule has 0 spiro atoms. The number of hydrogen-bond acceptors (Lipinski definition) is 4. The predicted molar refractivity (Wildman–Crippen MR) is 106 cm³/mol. The summed E-state index contributed by atoms with van der Waals surface area (Å²) in [6.07, 6.45) is 3.99. The molecule has 0 bridgehead atoms. The monoisotopic (exact) mass is 412 g/mol. The second-order valence-electron chi connectivity index (χ2n) is 7.14. The molecule has 3 heterocycles. The quantitative estimate of drug-likeness (QED) is 0.494. The maximum Gasteiger partial charge on any atom is 0.324 e. The van der Waals surface area contributed by atoms with Gasteiger partial charge in [-0.2, -0.15) is 0 Å². The lowest BCUT2D eigenvalue weighted by Gasteiger charge is -2.12. The SMILES string of the molecule is O=C(CCC1NC(=O)N(CCc2c[nH]c3ccc(F)cc23)C1=O)NCc1ccco1. The average Bonchev–Trinajstić information content (AvgIpc) is 3.44. The molecule has 4 amide bonds. The van der Waals surface area contributed by atoms with Gasteiger partial charge in [-0.1, -0.05) is 0 Å². The van der Waals surface area contributed by atoms with Gasteiger partial charge < -0.3 is 20.0 Å². The predicted octanol–water partition coefficient (Wildman–Crippen LogP) is 2.46. The van der Waals surface area contributed by atoms with Crippen LogP contribution in [0, 0.1) is 5.82 Å². The molecule has 1 fully saturated rings. The molecule has 0 radical (unpaired) electrons. The normalized spacial score (nSPS) is 16.3. The van der Waals surface area contributed by atoms with Gasteiger partial charge in [-0.3, -0.25) is 14.5 Å². The van der Waals surface area contributed by atoms with Crippen molar-refractivity contribution in [3.05, 3.63) is 59.9 Å². The molecule has 8 nitrogen and oxygen atoms in total. The van der Waals surface area contributed by atoms with E-state index in [9.17, 15) is 18.8 Å². The van der Waals surface area contributed by atoms with Gasteiger partial charge in [0, 0.05) is 30.1 Å². The van der Waals surface area contributed by atoms with Crippen LogP contribution >= 0.6 is 0 Å². The number of fused-ring (bicyclic) bond motifs is 1. The minimum absolute atomic E-state index is 0.104. The van der Waals surface area contributed by atoms with Crippen LogP contribution < -0.4 is 10.6 Å². The van der Waals surface area contributed by atoms with Crippen molar-refractivity contribution in [2.75, 3.05) is 6.54 Å². The first-order valence-electron chi connectivity index (χ1n) is 9.68. The fourth-order valence-electron chi connectivity index (χ4n) is 3.54. The van der Waals surface area contributed by atoms with Crippen molar-refractivity contribution in [1.29, 1.82) is 0 Å². The number of amides is 4. The molecule has 3 aromatic rings. The first-order chi connectivity index (χ1) is 14.5. The maximum absolute atomic E-state index is 13.5. The molecule has 2 aromatic heterocycles. The molecule has 0 aliphatic carbocycles. The number of imide groups is 1. The van der Waals surface area contributed by atoms with Crippen LogP contribution in [-0.2, 0) is 22.6 Å². The van der Waals surface area contributed by atoms with E-state index in [2.05, 4.69) is 15.6 Å². The highest BCUT2D eigenvalue weighted by Crippen LogP contribution is 2.21. The summed E-state index contributed by atoms with van der Waals surface area (Å²) in [5.74, 6) is -0.293. The molecule has 3 N–H and O–H groups in total. The highest BCUT2D eigenvalue weighted by molar-refractivity contribution is 6.04. The van der Waals surface area contributed by atoms with E-state index in [0.29, 0.717) is 12.2 Å². The summed E-state index contributed by atoms with van der Waals surface area (Å²) >= 11 is 0. The number of benzene rings is 1. The Labute approximate surface area is 171 Å². The lowest BCUT2D eigenvalue weighted by atomic mass is 10.1. The van der Waals surface area contributed by atoms with Crippen molar-refractivity contribution < 1.29 is 23.2 Å². The summed E-state index contributed by atoms with van der Waals surface area (Å²) in [6.45, 7) is 0.448. The fourth-order valence-corrected chi connectivity index (χ4v) is 3.54. The number of halogens is 1. The molecule has 0 saturated carbocycles. The zero-order valence-electron chi connectivity index (χ0n) is 16.1. The van der Waals surface area contributed by atoms with Crippen LogP contribution in [0.4, 0.5) is 9.18 Å². The Morgan fingerprint density at radius 1 is 1.27 bits per heavy atom. The van der Waals surface area contributed by atoms with Crippen LogP contribution in [0.3, 0.4) is 0 Å². The van der Waals surface area contributed by atoms with Gasteiger partial charge in [-0.15, -0.1) is 0 Å². The molecule has 1 aliphatic heterocycles. The van der Waals surface area contributed by atoms with Gasteiger partial charge in [-0.25, -0.2) is 9.18 Å². The van der Waals surface area contributed by atoms with Crippen LogP contribution in [0.2, 0.25) is 0 Å². The number of aromatic nitrogens is 1. The van der Waals surface area contributed by atoms with E-state index in [1.165, 1.54) is 18.4 Å². The standard InChI is InChI=1S/C21H21FN4O4/c22-14-3-4-17-16(10-14)13(11-23-17)7-8-26-20(28)18(25-21(26)29)5-6-19(27)24-12-15-2-1-9-30-15/h1-4,9-11,18,23H,5-8,12H2,(H,24,27)(H,25,29). The highest BCUT2D eigenvalue weighted by Gasteiger charge is 2.37. The number of furan rings is 1. The Hall–Kier alpha value is -3.62. The molecule has 1 aliphatic rings. The Morgan fingerprint density at radius 2 is 2.13 bits per heavy atom. The summed E-state index contributed by atoms with van der Waals surface area (Å²) in [7, 11) is 0. The number of nitrogens with zero attached hydrogens (tertiary/aromatic N) is 1. The van der Waals surface area contributed by atoms with Gasteiger partial charge in [-0.05, 0) is 48.7 Å². The molecule has 1 saturated heterocycles. The molecule has 4 rings (SSSR count). The number of hydrogen-bond donors (Lipinski definition) is 3. The Morgan fingerprint density at radius 3 is 2.93 bits per heavy atom. The van der Waals surface area contributed by atoms with Gasteiger partial charge in [0.25, 0.3) is 5.91 Å². The third-order valence-electron chi connectivity index (χ3n) is 5.14. The van der Waals surface area contributed by atoms with Crippen molar-refractivity contribution in [2.45, 2.75) is 31.8 Å². The van der Waals surface area contributed by atoms with E-state index >= 15 is 0 Å². The largest absolute Gasteiger partial charge is 0.467 e. The average molecular weight is 412 g/mol. The van der Waals surface area contributed by atoms with E-state index in [-0.39, 0.29) is 43.6 Å². The van der Waals surface area contributed by atoms with Crippen LogP contribution in [0.25, 0.3) is 10.9 Å². The number of nitrogens with one attached hydrogen (secondary N) is 3. The van der Waals surface area contributed by atoms with E-state index in [1.54, 1.807) is 24.4 Å². The minimum Gasteiger partial charge on any atom is -0.467 e. The van der Waals surface area contributed by atoms with Gasteiger partial charge in [0.05, 0.1) is 12.8 Å². The van der Waals surface area contributed by atoms with E-state index in [1.807, 2.05) is 0 Å². The maximum atomic E-state index is 13.5. The van der Waals surface area contributed by atoms with Gasteiger partial charge in [0.15, 0.2) is 0 Å². The van der Waals surface area contributed by atoms with E-state index < -0.39 is 12.1 Å². The van der Waals surface area contributed by atoms with Crippen molar-refractivity contribution in [1.82, 2.24) is 20.5 Å². The number of carbonyl (C=O) groups is 3. The van der Waals surface area contributed by atoms with Crippen molar-refractivity contribution in [3.8, 4) is 0 Å². The third-order valence-corrected chi connectivity index (χ3v) is 5.14. The van der Waals surface area contributed by atoms with Gasteiger partial charge >= 0.3 is 6.03 Å². The fraction of sp³-hybridized carbons (Fsp3) is 0.286. The van der Waals surface area contributed by atoms with E-state index in [4.69, 9.17) is 4.42 Å². The number of H-pyrrole nitrogens is 1. The van der Waals surface area contributed by atoms with Gasteiger partial charge in [0.1, 0.15) is 17.6 Å². The summed E-state index contributed by atoms with van der Waals surface area (Å²) in [4.78, 5) is 41.0. The van der Waals surface area contributed by atoms with Gasteiger partial charge in [0.2, 0.25) is 5.91 Å². The van der Waals surface area contributed by atoms with Crippen LogP contribution in [0.1, 0.15) is 24.2 Å². The number of urea groups is 1. The molecular weight excluding hydrogens is 391 g/mol. The van der Waals surface area contributed by atoms with Crippen molar-refractivity contribution >= 4 is 28.7 Å². The molecule has 9 heteroatoms. The molecule has 156 valence electrons. The molecule has 1 atom stereocenters. The lowest BCUT2D eigenvalue weighted by molar-refractivity contribution is -0.127.